The highest BCUT2D eigenvalue weighted by atomic mass is 35.5. The van der Waals surface area contributed by atoms with Crippen molar-refractivity contribution in [3.8, 4) is 34.0 Å². The Morgan fingerprint density at radius 2 is 1.55 bits per heavy atom. The average Bonchev–Trinajstić information content (AvgIpc) is 3.25. The third-order valence-corrected chi connectivity index (χ3v) is 4.88. The van der Waals surface area contributed by atoms with Crippen molar-refractivity contribution < 1.29 is 14.3 Å². The minimum Gasteiger partial charge on any atom is -0.480 e. The number of halogens is 1. The Bertz CT molecular complexity index is 1160. The zero-order valence-electron chi connectivity index (χ0n) is 16.9. The fraction of sp³-hybridized carbons (Fsp3) is 0.125. The van der Waals surface area contributed by atoms with Gasteiger partial charge in [0.25, 0.3) is 0 Å². The lowest BCUT2D eigenvalue weighted by Gasteiger charge is -2.09. The first-order valence-electron chi connectivity index (χ1n) is 9.62. The van der Waals surface area contributed by atoms with E-state index in [9.17, 15) is 4.79 Å². The molecule has 0 atom stereocenters. The number of carboxylic acid groups (broad SMARTS) is 1. The number of benzene rings is 3. The zero-order chi connectivity index (χ0) is 20.9. The van der Waals surface area contributed by atoms with E-state index >= 15 is 0 Å². The molecule has 0 bridgehead atoms. The lowest BCUT2D eigenvalue weighted by atomic mass is 9.96. The van der Waals surface area contributed by atoms with E-state index in [0.29, 0.717) is 18.3 Å². The van der Waals surface area contributed by atoms with Gasteiger partial charge in [-0.15, -0.1) is 22.6 Å². The Kier molecular flexibility index (Phi) is 7.18. The number of nitrogens with one attached hydrogen (secondary N) is 1. The summed E-state index contributed by atoms with van der Waals surface area (Å²) in [7, 11) is 0. The van der Waals surface area contributed by atoms with Gasteiger partial charge in [-0.3, -0.25) is 4.79 Å². The van der Waals surface area contributed by atoms with E-state index in [0.717, 1.165) is 33.4 Å². The summed E-state index contributed by atoms with van der Waals surface area (Å²) in [6, 6.07) is 23.9. The molecule has 0 aliphatic heterocycles. The Hall–Kier alpha value is -3.48. The number of rotatable bonds is 7. The molecule has 0 fully saturated rings. The van der Waals surface area contributed by atoms with Gasteiger partial charge in [0.05, 0.1) is 6.54 Å². The Morgan fingerprint density at radius 3 is 2.26 bits per heavy atom. The van der Waals surface area contributed by atoms with Crippen LogP contribution < -0.4 is 5.32 Å². The molecule has 6 nitrogen and oxygen atoms in total. The molecular weight excluding hydrogens is 414 g/mol. The molecule has 0 spiro atoms. The molecule has 7 heteroatoms. The fourth-order valence-corrected chi connectivity index (χ4v) is 3.33. The van der Waals surface area contributed by atoms with Crippen molar-refractivity contribution in [3.05, 3.63) is 83.9 Å². The first-order chi connectivity index (χ1) is 14.6. The van der Waals surface area contributed by atoms with Gasteiger partial charge in [-0.2, -0.15) is 0 Å². The quantitative estimate of drug-likeness (QED) is 0.426. The zero-order valence-corrected chi connectivity index (χ0v) is 17.7. The lowest BCUT2D eigenvalue weighted by Crippen LogP contribution is -2.21. The highest BCUT2D eigenvalue weighted by molar-refractivity contribution is 5.85. The lowest BCUT2D eigenvalue weighted by molar-refractivity contribution is -0.135. The minimum absolute atomic E-state index is 0. The summed E-state index contributed by atoms with van der Waals surface area (Å²) in [6.45, 7) is 2.46. The van der Waals surface area contributed by atoms with Gasteiger partial charge < -0.3 is 14.8 Å². The van der Waals surface area contributed by atoms with Crippen molar-refractivity contribution in [1.82, 2.24) is 15.5 Å². The number of hydrogen-bond donors (Lipinski definition) is 2. The summed E-state index contributed by atoms with van der Waals surface area (Å²) in [5.41, 5.74) is 6.05. The fourth-order valence-electron chi connectivity index (χ4n) is 3.33. The van der Waals surface area contributed by atoms with Gasteiger partial charge in [0.1, 0.15) is 0 Å². The largest absolute Gasteiger partial charge is 0.480 e. The summed E-state index contributed by atoms with van der Waals surface area (Å²) in [5.74, 6) is 0.0451. The topological polar surface area (TPSA) is 88.2 Å². The van der Waals surface area contributed by atoms with Crippen LogP contribution in [0.5, 0.6) is 0 Å². The maximum Gasteiger partial charge on any atom is 0.317 e. The van der Waals surface area contributed by atoms with Crippen LogP contribution in [0.4, 0.5) is 0 Å². The molecule has 4 aromatic rings. The Morgan fingerprint density at radius 1 is 0.871 bits per heavy atom. The van der Waals surface area contributed by atoms with Gasteiger partial charge in [-0.25, -0.2) is 0 Å². The van der Waals surface area contributed by atoms with Crippen LogP contribution in [0, 0.1) is 6.92 Å². The minimum atomic E-state index is -0.878. The molecule has 0 amide bonds. The number of hydrogen-bond acceptors (Lipinski definition) is 5. The SMILES string of the molecule is Cc1c(-c2ccccc2)cccc1-c1nnc(-c2ccc(CNCC(=O)O)cc2)o1.Cl. The molecule has 3 aromatic carbocycles. The average molecular weight is 436 g/mol. The van der Waals surface area contributed by atoms with Crippen LogP contribution in [0.15, 0.2) is 77.2 Å². The molecule has 0 aliphatic rings. The summed E-state index contributed by atoms with van der Waals surface area (Å²) >= 11 is 0. The van der Waals surface area contributed by atoms with E-state index in [1.165, 1.54) is 0 Å². The Labute approximate surface area is 186 Å². The van der Waals surface area contributed by atoms with E-state index in [1.807, 2.05) is 54.6 Å². The molecule has 0 unspecified atom stereocenters. The van der Waals surface area contributed by atoms with E-state index in [2.05, 4.69) is 40.6 Å². The van der Waals surface area contributed by atoms with Gasteiger partial charge in [-0.05, 0) is 47.4 Å². The molecule has 1 heterocycles. The van der Waals surface area contributed by atoms with Gasteiger partial charge in [0, 0.05) is 17.7 Å². The highest BCUT2D eigenvalue weighted by Crippen LogP contribution is 2.32. The summed E-state index contributed by atoms with van der Waals surface area (Å²) in [4.78, 5) is 10.6. The standard InChI is InChI=1S/C24H21N3O3.ClH/c1-16-20(18-6-3-2-4-7-18)8-5-9-21(16)24-27-26-23(30-24)19-12-10-17(11-13-19)14-25-15-22(28)29;/h2-13,25H,14-15H2,1H3,(H,28,29);1H. The molecule has 158 valence electrons. The van der Waals surface area contributed by atoms with Gasteiger partial charge in [0.2, 0.25) is 11.8 Å². The molecule has 4 rings (SSSR count). The van der Waals surface area contributed by atoms with Crippen LogP contribution in [-0.4, -0.2) is 27.8 Å². The molecule has 0 saturated carbocycles. The van der Waals surface area contributed by atoms with Crippen LogP contribution in [0.25, 0.3) is 34.0 Å². The van der Waals surface area contributed by atoms with Crippen molar-refractivity contribution in [2.24, 2.45) is 0 Å². The van der Waals surface area contributed by atoms with Gasteiger partial charge >= 0.3 is 5.97 Å². The second kappa shape index (κ2) is 10.0. The van der Waals surface area contributed by atoms with Crippen molar-refractivity contribution >= 4 is 18.4 Å². The van der Waals surface area contributed by atoms with Crippen molar-refractivity contribution in [2.45, 2.75) is 13.5 Å². The number of carboxylic acids is 1. The normalized spacial score (nSPS) is 10.5. The monoisotopic (exact) mass is 435 g/mol. The number of carbonyl (C=O) groups is 1. The van der Waals surface area contributed by atoms with Crippen LogP contribution in [0.2, 0.25) is 0 Å². The summed E-state index contributed by atoms with van der Waals surface area (Å²) < 4.78 is 5.96. The smallest absolute Gasteiger partial charge is 0.317 e. The molecule has 31 heavy (non-hydrogen) atoms. The number of aliphatic carboxylic acids is 1. The van der Waals surface area contributed by atoms with Crippen molar-refractivity contribution in [2.75, 3.05) is 6.54 Å². The van der Waals surface area contributed by atoms with E-state index in [-0.39, 0.29) is 19.0 Å². The maximum absolute atomic E-state index is 10.6. The molecule has 0 radical (unpaired) electrons. The van der Waals surface area contributed by atoms with Crippen LogP contribution >= 0.6 is 12.4 Å². The van der Waals surface area contributed by atoms with E-state index in [4.69, 9.17) is 9.52 Å². The molecular formula is C24H22ClN3O3. The second-order valence-corrected chi connectivity index (χ2v) is 6.95. The van der Waals surface area contributed by atoms with Crippen molar-refractivity contribution in [3.63, 3.8) is 0 Å². The third kappa shape index (κ3) is 5.17. The molecule has 0 saturated heterocycles. The third-order valence-electron chi connectivity index (χ3n) is 4.88. The van der Waals surface area contributed by atoms with Crippen LogP contribution in [0.3, 0.4) is 0 Å². The molecule has 0 aliphatic carbocycles. The van der Waals surface area contributed by atoms with Crippen LogP contribution in [-0.2, 0) is 11.3 Å². The van der Waals surface area contributed by atoms with Gasteiger partial charge in [0.15, 0.2) is 0 Å². The molecule has 1 aromatic heterocycles. The second-order valence-electron chi connectivity index (χ2n) is 6.95. The number of nitrogens with zero attached hydrogens (tertiary/aromatic N) is 2. The van der Waals surface area contributed by atoms with Gasteiger partial charge in [-0.1, -0.05) is 54.6 Å². The van der Waals surface area contributed by atoms with Crippen LogP contribution in [0.1, 0.15) is 11.1 Å². The Balaban J connectivity index is 0.00000272. The first-order valence-corrected chi connectivity index (χ1v) is 9.62. The maximum atomic E-state index is 10.6. The summed E-state index contributed by atoms with van der Waals surface area (Å²) in [5, 5.41) is 20.0. The van der Waals surface area contributed by atoms with E-state index < -0.39 is 5.97 Å². The predicted molar refractivity (Wildman–Crippen MR) is 122 cm³/mol. The predicted octanol–water partition coefficient (Wildman–Crippen LogP) is 4.98. The molecule has 2 N–H and O–H groups in total. The first kappa shape index (κ1) is 22.2. The number of aromatic nitrogens is 2. The summed E-state index contributed by atoms with van der Waals surface area (Å²) in [6.07, 6.45) is 0. The van der Waals surface area contributed by atoms with Crippen molar-refractivity contribution in [1.29, 1.82) is 0 Å². The van der Waals surface area contributed by atoms with E-state index in [1.54, 1.807) is 0 Å². The highest BCUT2D eigenvalue weighted by Gasteiger charge is 2.15.